The van der Waals surface area contributed by atoms with Crippen LogP contribution in [0.3, 0.4) is 0 Å². The Morgan fingerprint density at radius 2 is 2.15 bits per heavy atom. The number of likely N-dealkylation sites (N-methyl/N-ethyl adjacent to an activating group) is 1. The molecule has 0 aliphatic carbocycles. The first kappa shape index (κ1) is 18.4. The topological polar surface area (TPSA) is 81.3 Å². The summed E-state index contributed by atoms with van der Waals surface area (Å²) in [6.07, 6.45) is 0.289. The molecule has 1 fully saturated rings. The van der Waals surface area contributed by atoms with E-state index in [2.05, 4.69) is 28.3 Å². The van der Waals surface area contributed by atoms with Crippen LogP contribution in [0.15, 0.2) is 12.1 Å². The fraction of sp³-hybridized carbons (Fsp3) is 0.526. The summed E-state index contributed by atoms with van der Waals surface area (Å²) < 4.78 is 0. The first-order valence-electron chi connectivity index (χ1n) is 9.00. The quantitative estimate of drug-likeness (QED) is 0.814. The van der Waals surface area contributed by atoms with Gasteiger partial charge in [-0.3, -0.25) is 9.59 Å². The number of nitrogens with zero attached hydrogens (tertiary/aromatic N) is 3. The van der Waals surface area contributed by atoms with Crippen molar-refractivity contribution in [2.24, 2.45) is 5.92 Å². The molecule has 1 saturated heterocycles. The number of benzene rings is 1. The van der Waals surface area contributed by atoms with E-state index in [4.69, 9.17) is 0 Å². The molecule has 2 heterocycles. The Morgan fingerprint density at radius 3 is 2.88 bits per heavy atom. The summed E-state index contributed by atoms with van der Waals surface area (Å²) in [5.41, 5.74) is 4.26. The molecule has 7 nitrogen and oxygen atoms in total. The van der Waals surface area contributed by atoms with E-state index < -0.39 is 0 Å². The summed E-state index contributed by atoms with van der Waals surface area (Å²) in [7, 11) is 3.95. The lowest BCUT2D eigenvalue weighted by Gasteiger charge is -2.19. The summed E-state index contributed by atoms with van der Waals surface area (Å²) in [5, 5.41) is 2.92. The molecule has 1 aliphatic rings. The molecule has 140 valence electrons. The van der Waals surface area contributed by atoms with E-state index >= 15 is 0 Å². The minimum Gasteiger partial charge on any atom is -0.349 e. The summed E-state index contributed by atoms with van der Waals surface area (Å²) in [4.78, 5) is 36.2. The number of H-pyrrole nitrogens is 1. The van der Waals surface area contributed by atoms with Gasteiger partial charge in [0.2, 0.25) is 11.8 Å². The molecule has 0 saturated carbocycles. The molecule has 7 heteroatoms. The SMILES string of the molecule is Cc1ccc2[nH]c(CNC(=O)C3CC(=O)N(CCN(C)C)C3)nc2c1C. The highest BCUT2D eigenvalue weighted by Crippen LogP contribution is 2.20. The Kier molecular flexibility index (Phi) is 5.27. The monoisotopic (exact) mass is 357 g/mol. The number of hydrogen-bond acceptors (Lipinski definition) is 4. The van der Waals surface area contributed by atoms with Gasteiger partial charge in [0.25, 0.3) is 0 Å². The number of carbonyl (C=O) groups is 2. The Balaban J connectivity index is 1.57. The second-order valence-corrected chi connectivity index (χ2v) is 7.35. The smallest absolute Gasteiger partial charge is 0.225 e. The van der Waals surface area contributed by atoms with Crippen LogP contribution in [0.4, 0.5) is 0 Å². The Labute approximate surface area is 153 Å². The molecular formula is C19H27N5O2. The van der Waals surface area contributed by atoms with Crippen LogP contribution >= 0.6 is 0 Å². The van der Waals surface area contributed by atoms with Gasteiger partial charge < -0.3 is 20.1 Å². The molecule has 1 aliphatic heterocycles. The predicted molar refractivity (Wildman–Crippen MR) is 101 cm³/mol. The van der Waals surface area contributed by atoms with E-state index in [0.29, 0.717) is 19.6 Å². The van der Waals surface area contributed by atoms with Crippen LogP contribution in [-0.2, 0) is 16.1 Å². The fourth-order valence-corrected chi connectivity index (χ4v) is 3.25. The standard InChI is InChI=1S/C19H27N5O2/c1-12-5-6-15-18(13(12)2)22-16(21-15)10-20-19(26)14-9-17(25)24(11-14)8-7-23(3)4/h5-6,14H,7-11H2,1-4H3,(H,20,26)(H,21,22). The van der Waals surface area contributed by atoms with Crippen molar-refractivity contribution in [3.8, 4) is 0 Å². The molecule has 0 spiro atoms. The molecule has 1 unspecified atom stereocenters. The van der Waals surface area contributed by atoms with Crippen molar-refractivity contribution in [1.82, 2.24) is 25.1 Å². The Bertz CT molecular complexity index is 827. The van der Waals surface area contributed by atoms with Crippen molar-refractivity contribution in [2.45, 2.75) is 26.8 Å². The van der Waals surface area contributed by atoms with E-state index in [-0.39, 0.29) is 24.2 Å². The van der Waals surface area contributed by atoms with Crippen LogP contribution in [0.25, 0.3) is 11.0 Å². The number of aryl methyl sites for hydroxylation is 2. The van der Waals surface area contributed by atoms with Crippen molar-refractivity contribution in [2.75, 3.05) is 33.7 Å². The highest BCUT2D eigenvalue weighted by Gasteiger charge is 2.33. The van der Waals surface area contributed by atoms with Crippen molar-refractivity contribution in [1.29, 1.82) is 0 Å². The molecule has 1 aromatic heterocycles. The highest BCUT2D eigenvalue weighted by molar-refractivity contribution is 5.89. The third kappa shape index (κ3) is 3.88. The average Bonchev–Trinajstić information content (AvgIpc) is 3.18. The second-order valence-electron chi connectivity index (χ2n) is 7.35. The summed E-state index contributed by atoms with van der Waals surface area (Å²) in [6, 6.07) is 4.07. The number of fused-ring (bicyclic) bond motifs is 1. The maximum absolute atomic E-state index is 12.4. The number of imidazole rings is 1. The van der Waals surface area contributed by atoms with E-state index in [0.717, 1.165) is 29.0 Å². The zero-order chi connectivity index (χ0) is 18.8. The van der Waals surface area contributed by atoms with E-state index in [1.54, 1.807) is 4.90 Å². The zero-order valence-electron chi connectivity index (χ0n) is 15.9. The van der Waals surface area contributed by atoms with Gasteiger partial charge in [-0.2, -0.15) is 0 Å². The third-order valence-corrected chi connectivity index (χ3v) is 5.06. The average molecular weight is 357 g/mol. The maximum atomic E-state index is 12.4. The third-order valence-electron chi connectivity index (χ3n) is 5.06. The van der Waals surface area contributed by atoms with Crippen LogP contribution in [0.2, 0.25) is 0 Å². The van der Waals surface area contributed by atoms with Gasteiger partial charge in [0, 0.05) is 26.1 Å². The van der Waals surface area contributed by atoms with E-state index in [1.807, 2.05) is 32.0 Å². The number of aromatic nitrogens is 2. The number of hydrogen-bond donors (Lipinski definition) is 2. The summed E-state index contributed by atoms with van der Waals surface area (Å²) >= 11 is 0. The van der Waals surface area contributed by atoms with Gasteiger partial charge in [-0.15, -0.1) is 0 Å². The number of aromatic amines is 1. The van der Waals surface area contributed by atoms with Gasteiger partial charge in [-0.1, -0.05) is 6.07 Å². The summed E-state index contributed by atoms with van der Waals surface area (Å²) in [5.74, 6) is 0.426. The summed E-state index contributed by atoms with van der Waals surface area (Å²) in [6.45, 7) is 6.42. The largest absolute Gasteiger partial charge is 0.349 e. The number of rotatable bonds is 6. The zero-order valence-corrected chi connectivity index (χ0v) is 15.9. The van der Waals surface area contributed by atoms with E-state index in [9.17, 15) is 9.59 Å². The molecule has 2 amide bonds. The molecule has 0 bridgehead atoms. The van der Waals surface area contributed by atoms with Gasteiger partial charge >= 0.3 is 0 Å². The van der Waals surface area contributed by atoms with Gasteiger partial charge in [0.05, 0.1) is 23.5 Å². The van der Waals surface area contributed by atoms with Crippen LogP contribution in [-0.4, -0.2) is 65.3 Å². The van der Waals surface area contributed by atoms with Crippen molar-refractivity contribution < 1.29 is 9.59 Å². The molecular weight excluding hydrogens is 330 g/mol. The number of amides is 2. The van der Waals surface area contributed by atoms with Gasteiger partial charge in [0.15, 0.2) is 0 Å². The lowest BCUT2D eigenvalue weighted by atomic mass is 10.1. The molecule has 2 aromatic rings. The number of carbonyl (C=O) groups excluding carboxylic acids is 2. The Morgan fingerprint density at radius 1 is 1.38 bits per heavy atom. The second kappa shape index (κ2) is 7.45. The first-order valence-corrected chi connectivity index (χ1v) is 9.00. The molecule has 1 atom stereocenters. The fourth-order valence-electron chi connectivity index (χ4n) is 3.25. The predicted octanol–water partition coefficient (Wildman–Crippen LogP) is 1.21. The highest BCUT2D eigenvalue weighted by atomic mass is 16.2. The minimum atomic E-state index is -0.280. The van der Waals surface area contributed by atoms with Crippen molar-refractivity contribution >= 4 is 22.8 Å². The van der Waals surface area contributed by atoms with Crippen LogP contribution < -0.4 is 5.32 Å². The minimum absolute atomic E-state index is 0.0573. The van der Waals surface area contributed by atoms with Gasteiger partial charge in [-0.05, 0) is 45.1 Å². The molecule has 1 aromatic carbocycles. The van der Waals surface area contributed by atoms with Gasteiger partial charge in [-0.25, -0.2) is 4.98 Å². The van der Waals surface area contributed by atoms with Crippen LogP contribution in [0.1, 0.15) is 23.4 Å². The first-order chi connectivity index (χ1) is 12.3. The van der Waals surface area contributed by atoms with Gasteiger partial charge in [0.1, 0.15) is 5.82 Å². The lowest BCUT2D eigenvalue weighted by Crippen LogP contribution is -2.35. The Hall–Kier alpha value is -2.41. The van der Waals surface area contributed by atoms with Crippen molar-refractivity contribution in [3.05, 3.63) is 29.1 Å². The van der Waals surface area contributed by atoms with Crippen molar-refractivity contribution in [3.63, 3.8) is 0 Å². The molecule has 0 radical (unpaired) electrons. The van der Waals surface area contributed by atoms with Crippen LogP contribution in [0, 0.1) is 19.8 Å². The molecule has 3 rings (SSSR count). The lowest BCUT2D eigenvalue weighted by molar-refractivity contribution is -0.129. The number of nitrogens with one attached hydrogen (secondary N) is 2. The number of likely N-dealkylation sites (tertiary alicyclic amines) is 1. The maximum Gasteiger partial charge on any atom is 0.225 e. The molecule has 26 heavy (non-hydrogen) atoms. The van der Waals surface area contributed by atoms with Crippen LogP contribution in [0.5, 0.6) is 0 Å². The molecule has 2 N–H and O–H groups in total. The van der Waals surface area contributed by atoms with E-state index in [1.165, 1.54) is 5.56 Å². The normalized spacial score (nSPS) is 17.5.